The minimum atomic E-state index is -4.33. The van der Waals surface area contributed by atoms with Gasteiger partial charge in [0.15, 0.2) is 5.78 Å². The summed E-state index contributed by atoms with van der Waals surface area (Å²) in [5.41, 5.74) is 1.10. The molecule has 2 aromatic carbocycles. The number of methoxy groups -OCH3 is 1. The van der Waals surface area contributed by atoms with E-state index in [-0.39, 0.29) is 43.2 Å². The summed E-state index contributed by atoms with van der Waals surface area (Å²) >= 11 is 0. The molecule has 3 rings (SSSR count). The summed E-state index contributed by atoms with van der Waals surface area (Å²) in [5.74, 6) is 0.00285. The Balaban J connectivity index is 1.86. The Hall–Kier alpha value is -3.60. The van der Waals surface area contributed by atoms with Crippen LogP contribution >= 0.6 is 0 Å². The van der Waals surface area contributed by atoms with E-state index in [0.717, 1.165) is 5.56 Å². The Kier molecular flexibility index (Phi) is 8.34. The monoisotopic (exact) mass is 503 g/mol. The van der Waals surface area contributed by atoms with Gasteiger partial charge in [-0.2, -0.15) is 0 Å². The molecule has 0 aromatic heterocycles. The topological polar surface area (TPSA) is 114 Å². The zero-order valence-electron chi connectivity index (χ0n) is 20.0. The molecule has 0 atom stereocenters. The number of hydrogen-bond acceptors (Lipinski definition) is 7. The molecule has 0 unspecified atom stereocenters. The van der Waals surface area contributed by atoms with Gasteiger partial charge < -0.3 is 19.3 Å². The van der Waals surface area contributed by atoms with Crippen molar-refractivity contribution in [3.05, 3.63) is 59.7 Å². The van der Waals surface area contributed by atoms with Gasteiger partial charge in [-0.05, 0) is 50.2 Å². The van der Waals surface area contributed by atoms with E-state index in [4.69, 9.17) is 9.47 Å². The fourth-order valence-corrected chi connectivity index (χ4v) is 4.89. The van der Waals surface area contributed by atoms with Crippen LogP contribution in [0, 0.1) is 6.92 Å². The van der Waals surface area contributed by atoms with E-state index < -0.39 is 34.5 Å². The summed E-state index contributed by atoms with van der Waals surface area (Å²) in [7, 11) is -2.84. The molecule has 0 spiro atoms. The molecule has 0 saturated carbocycles. The lowest BCUT2D eigenvalue weighted by Crippen LogP contribution is -2.55. The number of carbonyl (C=O) groups is 3. The van der Waals surface area contributed by atoms with Crippen LogP contribution in [0.3, 0.4) is 0 Å². The van der Waals surface area contributed by atoms with Gasteiger partial charge in [0, 0.05) is 31.7 Å². The number of piperazine rings is 1. The zero-order chi connectivity index (χ0) is 25.6. The highest BCUT2D eigenvalue weighted by molar-refractivity contribution is 7.89. The average molecular weight is 504 g/mol. The maximum Gasteiger partial charge on any atom is 0.409 e. The second-order valence-electron chi connectivity index (χ2n) is 7.93. The first-order chi connectivity index (χ1) is 16.7. The molecule has 1 fully saturated rings. The zero-order valence-corrected chi connectivity index (χ0v) is 20.8. The number of carbonyl (C=O) groups excluding carboxylic acids is 3. The summed E-state index contributed by atoms with van der Waals surface area (Å²) in [6.07, 6.45) is -0.488. The van der Waals surface area contributed by atoms with Crippen molar-refractivity contribution < 1.29 is 32.3 Å². The summed E-state index contributed by atoms with van der Waals surface area (Å²) in [4.78, 5) is 41.1. The fraction of sp³-hybridized carbons (Fsp3) is 0.375. The van der Waals surface area contributed by atoms with Crippen LogP contribution < -0.4 is 4.74 Å². The maximum absolute atomic E-state index is 13.5. The number of ketones is 1. The molecule has 3 amide bonds. The van der Waals surface area contributed by atoms with E-state index in [1.165, 1.54) is 41.2 Å². The number of sulfonamides is 1. The van der Waals surface area contributed by atoms with Gasteiger partial charge in [0.1, 0.15) is 12.3 Å². The molecule has 10 nitrogen and oxygen atoms in total. The number of nitrogens with zero attached hydrogens (tertiary/aromatic N) is 3. The standard InChI is InChI=1S/C24H29N3O7S/c1-4-34-24(30)26-15-13-25(14-16-26)23(29)27(35(31,32)21-11-5-18(2)6-12-21)17-22(28)19-7-9-20(33-3)10-8-19/h5-12H,4,13-17H2,1-3H3. The number of urea groups is 1. The molecule has 0 N–H and O–H groups in total. The van der Waals surface area contributed by atoms with Crippen molar-refractivity contribution in [1.82, 2.24) is 14.1 Å². The molecule has 188 valence electrons. The molecule has 11 heteroatoms. The van der Waals surface area contributed by atoms with Crippen molar-refractivity contribution >= 4 is 27.9 Å². The SMILES string of the molecule is CCOC(=O)N1CCN(C(=O)N(CC(=O)c2ccc(OC)cc2)S(=O)(=O)c2ccc(C)cc2)CC1. The molecular weight excluding hydrogens is 474 g/mol. The van der Waals surface area contributed by atoms with Gasteiger partial charge in [-0.3, -0.25) is 4.79 Å². The predicted octanol–water partition coefficient (Wildman–Crippen LogP) is 2.77. The first-order valence-electron chi connectivity index (χ1n) is 11.1. The minimum Gasteiger partial charge on any atom is -0.497 e. The van der Waals surface area contributed by atoms with Gasteiger partial charge in [-0.15, -0.1) is 0 Å². The number of aryl methyl sites for hydroxylation is 1. The number of ether oxygens (including phenoxy) is 2. The van der Waals surface area contributed by atoms with Crippen molar-refractivity contribution in [1.29, 1.82) is 0 Å². The highest BCUT2D eigenvalue weighted by Crippen LogP contribution is 2.21. The third-order valence-corrected chi connectivity index (χ3v) is 7.33. The van der Waals surface area contributed by atoms with Crippen molar-refractivity contribution in [3.63, 3.8) is 0 Å². The Labute approximate surface area is 205 Å². The lowest BCUT2D eigenvalue weighted by atomic mass is 10.1. The number of Topliss-reactive ketones (excluding diaryl/α,β-unsaturated/α-hetero) is 1. The second kappa shape index (κ2) is 11.2. The molecule has 1 aliphatic heterocycles. The van der Waals surface area contributed by atoms with E-state index in [2.05, 4.69) is 0 Å². The van der Waals surface area contributed by atoms with Gasteiger partial charge in [0.25, 0.3) is 10.0 Å². The van der Waals surface area contributed by atoms with Crippen LogP contribution in [0.2, 0.25) is 0 Å². The first-order valence-corrected chi connectivity index (χ1v) is 12.6. The lowest BCUT2D eigenvalue weighted by Gasteiger charge is -2.36. The maximum atomic E-state index is 13.5. The van der Waals surface area contributed by atoms with E-state index in [1.807, 2.05) is 6.92 Å². The summed E-state index contributed by atoms with van der Waals surface area (Å²) < 4.78 is 37.6. The smallest absolute Gasteiger partial charge is 0.409 e. The molecule has 35 heavy (non-hydrogen) atoms. The van der Waals surface area contributed by atoms with Crippen LogP contribution in [-0.2, 0) is 14.8 Å². The van der Waals surface area contributed by atoms with Crippen LogP contribution in [0.15, 0.2) is 53.4 Å². The molecule has 1 saturated heterocycles. The third-order valence-electron chi connectivity index (χ3n) is 5.60. The van der Waals surface area contributed by atoms with Gasteiger partial charge in [0.05, 0.1) is 18.6 Å². The van der Waals surface area contributed by atoms with Gasteiger partial charge in [-0.1, -0.05) is 17.7 Å². The fourth-order valence-electron chi connectivity index (χ4n) is 3.54. The van der Waals surface area contributed by atoms with Gasteiger partial charge in [0.2, 0.25) is 0 Å². The molecule has 1 heterocycles. The van der Waals surface area contributed by atoms with E-state index in [0.29, 0.717) is 10.1 Å². The van der Waals surface area contributed by atoms with Crippen LogP contribution in [0.4, 0.5) is 9.59 Å². The number of benzene rings is 2. The number of rotatable bonds is 7. The van der Waals surface area contributed by atoms with Crippen molar-refractivity contribution in [2.75, 3.05) is 46.4 Å². The number of hydrogen-bond donors (Lipinski definition) is 0. The van der Waals surface area contributed by atoms with E-state index in [9.17, 15) is 22.8 Å². The Morgan fingerprint density at radius 1 is 0.914 bits per heavy atom. The van der Waals surface area contributed by atoms with Crippen molar-refractivity contribution in [2.24, 2.45) is 0 Å². The van der Waals surface area contributed by atoms with Crippen LogP contribution in [0.5, 0.6) is 5.75 Å². The quantitative estimate of drug-likeness (QED) is 0.534. The minimum absolute atomic E-state index is 0.0934. The average Bonchev–Trinajstić information content (AvgIpc) is 2.87. The summed E-state index contributed by atoms with van der Waals surface area (Å²) in [5, 5.41) is 0. The Morgan fingerprint density at radius 2 is 1.49 bits per heavy atom. The third kappa shape index (κ3) is 6.10. The molecule has 0 aliphatic carbocycles. The van der Waals surface area contributed by atoms with Crippen molar-refractivity contribution in [3.8, 4) is 5.75 Å². The Morgan fingerprint density at radius 3 is 2.03 bits per heavy atom. The second-order valence-corrected chi connectivity index (χ2v) is 9.79. The summed E-state index contributed by atoms with van der Waals surface area (Å²) in [6.45, 7) is 3.67. The predicted molar refractivity (Wildman–Crippen MR) is 128 cm³/mol. The highest BCUT2D eigenvalue weighted by Gasteiger charge is 2.36. The van der Waals surface area contributed by atoms with E-state index in [1.54, 1.807) is 31.2 Å². The number of amides is 3. The molecule has 0 radical (unpaired) electrons. The molecule has 1 aliphatic rings. The summed E-state index contributed by atoms with van der Waals surface area (Å²) in [6, 6.07) is 11.4. The normalized spacial score (nSPS) is 13.8. The molecular formula is C24H29N3O7S. The van der Waals surface area contributed by atoms with Gasteiger partial charge in [-0.25, -0.2) is 22.3 Å². The largest absolute Gasteiger partial charge is 0.497 e. The van der Waals surface area contributed by atoms with Crippen LogP contribution in [0.1, 0.15) is 22.8 Å². The molecule has 0 bridgehead atoms. The Bertz CT molecular complexity index is 1160. The van der Waals surface area contributed by atoms with Gasteiger partial charge >= 0.3 is 12.1 Å². The molecule has 2 aromatic rings. The highest BCUT2D eigenvalue weighted by atomic mass is 32.2. The lowest BCUT2D eigenvalue weighted by molar-refractivity contribution is 0.0813. The van der Waals surface area contributed by atoms with Crippen molar-refractivity contribution in [2.45, 2.75) is 18.7 Å². The van der Waals surface area contributed by atoms with E-state index >= 15 is 0 Å². The first kappa shape index (κ1) is 26.0. The van der Waals surface area contributed by atoms with Crippen LogP contribution in [0.25, 0.3) is 0 Å². The van der Waals surface area contributed by atoms with Crippen LogP contribution in [-0.4, -0.2) is 86.9 Å².